The first-order chi connectivity index (χ1) is 18.3. The Hall–Kier alpha value is -2.37. The molecule has 2 fully saturated rings. The Kier molecular flexibility index (Phi) is 6.80. The fraction of sp³-hybridized carbons (Fsp3) is 0.515. The molecule has 0 radical (unpaired) electrons. The van der Waals surface area contributed by atoms with Gasteiger partial charge in [-0.2, -0.15) is 0 Å². The van der Waals surface area contributed by atoms with Gasteiger partial charge in [0.15, 0.2) is 5.16 Å². The van der Waals surface area contributed by atoms with Crippen molar-refractivity contribution in [2.45, 2.75) is 107 Å². The second kappa shape index (κ2) is 9.98. The smallest absolute Gasteiger partial charge is 0.258 e. The third-order valence-electron chi connectivity index (χ3n) is 9.12. The minimum Gasteiger partial charge on any atom is -0.375 e. The molecule has 0 amide bonds. The summed E-state index contributed by atoms with van der Waals surface area (Å²) >= 11 is 1.72. The molecule has 5 heteroatoms. The Morgan fingerprint density at radius 3 is 2.63 bits per heavy atom. The molecule has 2 heterocycles. The number of fused-ring (bicyclic) bond motifs is 4. The van der Waals surface area contributed by atoms with Gasteiger partial charge in [-0.3, -0.25) is 9.36 Å². The van der Waals surface area contributed by atoms with Crippen LogP contribution < -0.4 is 5.56 Å². The molecule has 3 aliphatic rings. The van der Waals surface area contributed by atoms with Crippen LogP contribution in [0.2, 0.25) is 0 Å². The van der Waals surface area contributed by atoms with Crippen molar-refractivity contribution in [3.8, 4) is 11.3 Å². The highest BCUT2D eigenvalue weighted by Crippen LogP contribution is 2.49. The van der Waals surface area contributed by atoms with Gasteiger partial charge in [0.1, 0.15) is 0 Å². The molecule has 1 aromatic heterocycles. The van der Waals surface area contributed by atoms with Crippen LogP contribution in [-0.2, 0) is 22.3 Å². The summed E-state index contributed by atoms with van der Waals surface area (Å²) in [6.07, 6.45) is 8.45. The topological polar surface area (TPSA) is 44.1 Å². The minimum absolute atomic E-state index is 0.0921. The van der Waals surface area contributed by atoms with Gasteiger partial charge in [-0.1, -0.05) is 79.1 Å². The van der Waals surface area contributed by atoms with E-state index in [0.29, 0.717) is 6.61 Å². The summed E-state index contributed by atoms with van der Waals surface area (Å²) in [5.74, 6) is 0.802. The first-order valence-electron chi connectivity index (χ1n) is 14.3. The van der Waals surface area contributed by atoms with Gasteiger partial charge >= 0.3 is 0 Å². The van der Waals surface area contributed by atoms with Crippen molar-refractivity contribution in [3.63, 3.8) is 0 Å². The van der Waals surface area contributed by atoms with E-state index in [1.54, 1.807) is 11.8 Å². The van der Waals surface area contributed by atoms with Crippen LogP contribution in [0.4, 0.5) is 0 Å². The maximum absolute atomic E-state index is 14.8. The summed E-state index contributed by atoms with van der Waals surface area (Å²) in [7, 11) is 0. The van der Waals surface area contributed by atoms with Gasteiger partial charge in [-0.25, -0.2) is 4.98 Å². The molecule has 2 aliphatic carbocycles. The molecule has 1 atom stereocenters. The number of ether oxygens (including phenoxy) is 1. The van der Waals surface area contributed by atoms with Crippen molar-refractivity contribution in [2.75, 3.05) is 6.61 Å². The first-order valence-corrected chi connectivity index (χ1v) is 15.3. The number of nitrogens with zero attached hydrogens (tertiary/aromatic N) is 2. The monoisotopic (exact) mass is 528 g/mol. The molecule has 38 heavy (non-hydrogen) atoms. The highest BCUT2D eigenvalue weighted by Gasteiger charge is 2.44. The molecular weight excluding hydrogens is 488 g/mol. The van der Waals surface area contributed by atoms with Crippen molar-refractivity contribution in [1.82, 2.24) is 9.55 Å². The predicted molar refractivity (Wildman–Crippen MR) is 156 cm³/mol. The standard InChI is InChI=1S/C33H40N2O2S/c1-22-12-13-25(23(2)18-22)21-38-31-34-29-27-11-7-6-10-24(27)19-33(15-8-5-9-16-33)28(29)30(36)35(31)26-14-17-37-32(3,4)20-26/h6-7,10-13,18,26H,5,8-9,14-17,19-21H2,1-4H3/t26-/m1/s1. The number of benzene rings is 2. The number of rotatable bonds is 4. The molecule has 2 aromatic carbocycles. The van der Waals surface area contributed by atoms with Crippen LogP contribution in [0.15, 0.2) is 52.4 Å². The van der Waals surface area contributed by atoms with Gasteiger partial charge in [0.2, 0.25) is 0 Å². The summed E-state index contributed by atoms with van der Waals surface area (Å²) in [6.45, 7) is 9.30. The number of thioether (sulfide) groups is 1. The molecule has 4 nitrogen and oxygen atoms in total. The van der Waals surface area contributed by atoms with Crippen molar-refractivity contribution in [1.29, 1.82) is 0 Å². The van der Waals surface area contributed by atoms with E-state index >= 15 is 0 Å². The average Bonchev–Trinajstić information content (AvgIpc) is 2.88. The van der Waals surface area contributed by atoms with Gasteiger partial charge in [0, 0.05) is 29.4 Å². The van der Waals surface area contributed by atoms with Crippen molar-refractivity contribution < 1.29 is 4.74 Å². The molecule has 1 saturated carbocycles. The lowest BCUT2D eigenvalue weighted by Gasteiger charge is -2.43. The Morgan fingerprint density at radius 1 is 1.08 bits per heavy atom. The number of aromatic nitrogens is 2. The van der Waals surface area contributed by atoms with Gasteiger partial charge < -0.3 is 4.74 Å². The predicted octanol–water partition coefficient (Wildman–Crippen LogP) is 7.71. The third kappa shape index (κ3) is 4.66. The van der Waals surface area contributed by atoms with Gasteiger partial charge in [-0.15, -0.1) is 0 Å². The SMILES string of the molecule is Cc1ccc(CSc2nc3c(c(=O)n2[C@@H]2CCOC(C)(C)C2)C2(CCCCC2)Cc2ccccc2-3)c(C)c1. The van der Waals surface area contributed by atoms with E-state index < -0.39 is 0 Å². The highest BCUT2D eigenvalue weighted by atomic mass is 32.2. The van der Waals surface area contributed by atoms with Crippen LogP contribution in [0.25, 0.3) is 11.3 Å². The Morgan fingerprint density at radius 2 is 1.87 bits per heavy atom. The maximum Gasteiger partial charge on any atom is 0.258 e. The molecule has 200 valence electrons. The van der Waals surface area contributed by atoms with Crippen molar-refractivity contribution >= 4 is 11.8 Å². The average molecular weight is 529 g/mol. The maximum atomic E-state index is 14.8. The Balaban J connectivity index is 1.53. The van der Waals surface area contributed by atoms with Gasteiger partial charge in [0.25, 0.3) is 5.56 Å². The summed E-state index contributed by atoms with van der Waals surface area (Å²) in [5.41, 5.74) is 8.19. The molecule has 0 bridgehead atoms. The summed E-state index contributed by atoms with van der Waals surface area (Å²) in [6, 6.07) is 15.4. The highest BCUT2D eigenvalue weighted by molar-refractivity contribution is 7.98. The molecule has 1 saturated heterocycles. The van der Waals surface area contributed by atoms with Crippen LogP contribution in [0.1, 0.15) is 92.7 Å². The third-order valence-corrected chi connectivity index (χ3v) is 10.1. The molecule has 0 N–H and O–H groups in total. The van der Waals surface area contributed by atoms with E-state index in [-0.39, 0.29) is 22.6 Å². The molecule has 1 aliphatic heterocycles. The molecular formula is C33H40N2O2S. The number of aryl methyl sites for hydroxylation is 2. The summed E-state index contributed by atoms with van der Waals surface area (Å²) < 4.78 is 8.18. The molecule has 6 rings (SSSR count). The first kappa shape index (κ1) is 25.9. The normalized spacial score (nSPS) is 21.6. The second-order valence-corrected chi connectivity index (χ2v) is 13.4. The van der Waals surface area contributed by atoms with Crippen LogP contribution >= 0.6 is 11.8 Å². The van der Waals surface area contributed by atoms with Crippen LogP contribution in [0, 0.1) is 13.8 Å². The van der Waals surface area contributed by atoms with E-state index in [9.17, 15) is 4.79 Å². The van der Waals surface area contributed by atoms with Crippen LogP contribution in [-0.4, -0.2) is 21.8 Å². The van der Waals surface area contributed by atoms with Gasteiger partial charge in [-0.05, 0) is 76.5 Å². The summed E-state index contributed by atoms with van der Waals surface area (Å²) in [5, 5.41) is 0.860. The van der Waals surface area contributed by atoms with Crippen molar-refractivity contribution in [3.05, 3.63) is 80.6 Å². The Bertz CT molecular complexity index is 1420. The zero-order valence-corrected chi connectivity index (χ0v) is 24.1. The molecule has 3 aromatic rings. The van der Waals surface area contributed by atoms with E-state index in [4.69, 9.17) is 9.72 Å². The Labute approximate surface area is 231 Å². The lowest BCUT2D eigenvalue weighted by Crippen LogP contribution is -2.45. The van der Waals surface area contributed by atoms with E-state index in [2.05, 4.69) is 74.7 Å². The quantitative estimate of drug-likeness (QED) is 0.257. The van der Waals surface area contributed by atoms with E-state index in [0.717, 1.165) is 59.8 Å². The largest absolute Gasteiger partial charge is 0.375 e. The fourth-order valence-corrected chi connectivity index (χ4v) is 8.33. The van der Waals surface area contributed by atoms with E-state index in [1.807, 2.05) is 0 Å². The minimum atomic E-state index is -0.247. The molecule has 1 spiro atoms. The zero-order chi connectivity index (χ0) is 26.5. The fourth-order valence-electron chi connectivity index (χ4n) is 7.19. The summed E-state index contributed by atoms with van der Waals surface area (Å²) in [4.78, 5) is 20.3. The zero-order valence-electron chi connectivity index (χ0n) is 23.3. The molecule has 0 unspecified atom stereocenters. The van der Waals surface area contributed by atoms with E-state index in [1.165, 1.54) is 41.5 Å². The lowest BCUT2D eigenvalue weighted by molar-refractivity contribution is -0.0710. The van der Waals surface area contributed by atoms with Gasteiger partial charge in [0.05, 0.1) is 16.9 Å². The number of hydrogen-bond donors (Lipinski definition) is 0. The van der Waals surface area contributed by atoms with Crippen molar-refractivity contribution in [2.24, 2.45) is 0 Å². The lowest BCUT2D eigenvalue weighted by atomic mass is 9.62. The van der Waals surface area contributed by atoms with Crippen LogP contribution in [0.3, 0.4) is 0 Å². The second-order valence-electron chi connectivity index (χ2n) is 12.4. The van der Waals surface area contributed by atoms with Crippen LogP contribution in [0.5, 0.6) is 0 Å². The number of hydrogen-bond acceptors (Lipinski definition) is 4.